The number of amides is 1. The van der Waals surface area contributed by atoms with Crippen molar-refractivity contribution in [1.29, 1.82) is 0 Å². The van der Waals surface area contributed by atoms with Gasteiger partial charge in [-0.05, 0) is 18.2 Å². The number of halogens is 1. The molecule has 0 aliphatic heterocycles. The molecule has 0 saturated carbocycles. The zero-order valence-corrected chi connectivity index (χ0v) is 14.6. The van der Waals surface area contributed by atoms with Crippen molar-refractivity contribution in [1.82, 2.24) is 5.43 Å². The van der Waals surface area contributed by atoms with E-state index in [0.717, 1.165) is 0 Å². The van der Waals surface area contributed by atoms with Crippen LogP contribution in [0.25, 0.3) is 0 Å². The number of ether oxygens (including phenoxy) is 1. The molecular weight excluding hydrogens is 390 g/mol. The fraction of sp³-hybridized carbons (Fsp3) is 0.0588. The topological polar surface area (TPSA) is 93.8 Å². The van der Waals surface area contributed by atoms with Gasteiger partial charge >= 0.3 is 0 Å². The number of non-ortho nitro benzene ring substituents is 1. The molecule has 8 heteroatoms. The van der Waals surface area contributed by atoms with E-state index >= 15 is 0 Å². The number of benzene rings is 2. The fourth-order valence-corrected chi connectivity index (χ4v) is 2.26. The summed E-state index contributed by atoms with van der Waals surface area (Å²) < 4.78 is 6.16. The lowest BCUT2D eigenvalue weighted by atomic mass is 10.2. The first-order valence-corrected chi connectivity index (χ1v) is 7.91. The number of nitro groups is 1. The molecule has 25 heavy (non-hydrogen) atoms. The van der Waals surface area contributed by atoms with Crippen LogP contribution >= 0.6 is 15.9 Å². The number of nitro benzene ring substituents is 1. The van der Waals surface area contributed by atoms with Crippen molar-refractivity contribution in [3.8, 4) is 5.75 Å². The van der Waals surface area contributed by atoms with Crippen LogP contribution in [0.5, 0.6) is 5.75 Å². The highest BCUT2D eigenvalue weighted by Crippen LogP contribution is 2.23. The Morgan fingerprint density at radius 3 is 2.88 bits per heavy atom. The molecule has 2 rings (SSSR count). The highest BCUT2D eigenvalue weighted by atomic mass is 79.9. The molecule has 0 bridgehead atoms. The van der Waals surface area contributed by atoms with Gasteiger partial charge in [0.2, 0.25) is 0 Å². The number of carbonyl (C=O) groups is 1. The Hall–Kier alpha value is -3.00. The molecule has 1 amide bonds. The maximum absolute atomic E-state index is 12.3. The van der Waals surface area contributed by atoms with Crippen molar-refractivity contribution in [3.63, 3.8) is 0 Å². The second-order valence-electron chi connectivity index (χ2n) is 4.79. The van der Waals surface area contributed by atoms with E-state index in [4.69, 9.17) is 4.74 Å². The molecule has 2 aromatic carbocycles. The average Bonchev–Trinajstić information content (AvgIpc) is 2.60. The third-order valence-electron chi connectivity index (χ3n) is 3.00. The monoisotopic (exact) mass is 403 g/mol. The SMILES string of the molecule is C=CCOc1ccc(Br)cc1C(=O)NN=Cc1cccc([N+](=O)[O-])c1. The van der Waals surface area contributed by atoms with Gasteiger partial charge in [0.1, 0.15) is 12.4 Å². The quantitative estimate of drug-likeness (QED) is 0.330. The molecule has 1 N–H and O–H groups in total. The highest BCUT2D eigenvalue weighted by molar-refractivity contribution is 9.10. The Kier molecular flexibility index (Phi) is 6.41. The number of hydrogen-bond acceptors (Lipinski definition) is 5. The fourth-order valence-electron chi connectivity index (χ4n) is 1.90. The molecule has 0 aliphatic rings. The van der Waals surface area contributed by atoms with E-state index in [1.165, 1.54) is 24.4 Å². The molecule has 0 fully saturated rings. The molecule has 0 radical (unpaired) electrons. The molecule has 0 aliphatic carbocycles. The molecule has 0 saturated heterocycles. The van der Waals surface area contributed by atoms with Gasteiger partial charge in [-0.3, -0.25) is 14.9 Å². The van der Waals surface area contributed by atoms with E-state index < -0.39 is 10.8 Å². The van der Waals surface area contributed by atoms with Gasteiger partial charge in [0.05, 0.1) is 16.7 Å². The smallest absolute Gasteiger partial charge is 0.275 e. The Labute approximate surface area is 152 Å². The van der Waals surface area contributed by atoms with Gasteiger partial charge in [-0.15, -0.1) is 0 Å². The van der Waals surface area contributed by atoms with Crippen LogP contribution in [-0.4, -0.2) is 23.7 Å². The molecule has 128 valence electrons. The standard InChI is InChI=1S/C17H14BrN3O4/c1-2-8-25-16-7-6-13(18)10-15(16)17(22)20-19-11-12-4-3-5-14(9-12)21(23)24/h2-7,9-11H,1,8H2,(H,20,22). The maximum atomic E-state index is 12.3. The molecule has 0 unspecified atom stereocenters. The number of hydrazone groups is 1. The summed E-state index contributed by atoms with van der Waals surface area (Å²) in [7, 11) is 0. The van der Waals surface area contributed by atoms with Crippen LogP contribution in [0, 0.1) is 10.1 Å². The summed E-state index contributed by atoms with van der Waals surface area (Å²) in [6.45, 7) is 3.83. The predicted molar refractivity (Wildman–Crippen MR) is 98.0 cm³/mol. The number of hydrogen-bond donors (Lipinski definition) is 1. The van der Waals surface area contributed by atoms with Crippen LogP contribution < -0.4 is 10.2 Å². The summed E-state index contributed by atoms with van der Waals surface area (Å²) in [5.41, 5.74) is 3.11. The van der Waals surface area contributed by atoms with Gasteiger partial charge in [-0.2, -0.15) is 5.10 Å². The van der Waals surface area contributed by atoms with Crippen LogP contribution in [0.2, 0.25) is 0 Å². The van der Waals surface area contributed by atoms with E-state index in [1.54, 1.807) is 30.3 Å². The van der Waals surface area contributed by atoms with Crippen molar-refractivity contribution < 1.29 is 14.5 Å². The molecule has 7 nitrogen and oxygen atoms in total. The third-order valence-corrected chi connectivity index (χ3v) is 3.50. The number of rotatable bonds is 7. The molecule has 0 aromatic heterocycles. The van der Waals surface area contributed by atoms with Gasteiger partial charge in [-0.1, -0.05) is 40.7 Å². The van der Waals surface area contributed by atoms with E-state index in [9.17, 15) is 14.9 Å². The second kappa shape index (κ2) is 8.74. The van der Waals surface area contributed by atoms with Gasteiger partial charge in [0, 0.05) is 22.2 Å². The van der Waals surface area contributed by atoms with Crippen LogP contribution in [0.15, 0.2) is 64.7 Å². The summed E-state index contributed by atoms with van der Waals surface area (Å²) >= 11 is 3.30. The maximum Gasteiger partial charge on any atom is 0.275 e. The molecule has 0 atom stereocenters. The summed E-state index contributed by atoms with van der Waals surface area (Å²) in [5, 5.41) is 14.6. The lowest BCUT2D eigenvalue weighted by Gasteiger charge is -2.09. The first kappa shape index (κ1) is 18.3. The average molecular weight is 404 g/mol. The van der Waals surface area contributed by atoms with Crippen molar-refractivity contribution >= 4 is 33.7 Å². The van der Waals surface area contributed by atoms with Crippen molar-refractivity contribution in [2.45, 2.75) is 0 Å². The van der Waals surface area contributed by atoms with Gasteiger partial charge in [0.15, 0.2) is 0 Å². The van der Waals surface area contributed by atoms with Crippen LogP contribution in [0.1, 0.15) is 15.9 Å². The van der Waals surface area contributed by atoms with Gasteiger partial charge < -0.3 is 4.74 Å². The largest absolute Gasteiger partial charge is 0.489 e. The first-order valence-electron chi connectivity index (χ1n) is 7.12. The normalized spacial score (nSPS) is 10.4. The highest BCUT2D eigenvalue weighted by Gasteiger charge is 2.12. The zero-order chi connectivity index (χ0) is 18.2. The Morgan fingerprint density at radius 2 is 2.16 bits per heavy atom. The number of nitrogens with zero attached hydrogens (tertiary/aromatic N) is 2. The second-order valence-corrected chi connectivity index (χ2v) is 5.71. The minimum absolute atomic E-state index is 0.0534. The van der Waals surface area contributed by atoms with E-state index in [-0.39, 0.29) is 12.3 Å². The molecular formula is C17H14BrN3O4. The van der Waals surface area contributed by atoms with Gasteiger partial charge in [-0.25, -0.2) is 5.43 Å². The summed E-state index contributed by atoms with van der Waals surface area (Å²) in [5.74, 6) is -0.0757. The lowest BCUT2D eigenvalue weighted by Crippen LogP contribution is -2.19. The summed E-state index contributed by atoms with van der Waals surface area (Å²) in [4.78, 5) is 22.5. The van der Waals surface area contributed by atoms with Crippen molar-refractivity contribution in [2.24, 2.45) is 5.10 Å². The van der Waals surface area contributed by atoms with E-state index in [2.05, 4.69) is 33.0 Å². The Bertz CT molecular complexity index is 836. The number of nitrogens with one attached hydrogen (secondary N) is 1. The number of carbonyl (C=O) groups excluding carboxylic acids is 1. The van der Waals surface area contributed by atoms with Crippen LogP contribution in [-0.2, 0) is 0 Å². The Balaban J connectivity index is 2.12. The molecule has 0 heterocycles. The summed E-state index contributed by atoms with van der Waals surface area (Å²) in [6, 6.07) is 10.9. The van der Waals surface area contributed by atoms with Crippen LogP contribution in [0.3, 0.4) is 0 Å². The minimum atomic E-state index is -0.499. The predicted octanol–water partition coefficient (Wildman–Crippen LogP) is 3.69. The third kappa shape index (κ3) is 5.25. The zero-order valence-electron chi connectivity index (χ0n) is 13.0. The summed E-state index contributed by atoms with van der Waals surface area (Å²) in [6.07, 6.45) is 2.90. The van der Waals surface area contributed by atoms with Crippen molar-refractivity contribution in [2.75, 3.05) is 6.61 Å². The first-order chi connectivity index (χ1) is 12.0. The van der Waals surface area contributed by atoms with Gasteiger partial charge in [0.25, 0.3) is 11.6 Å². The molecule has 0 spiro atoms. The lowest BCUT2D eigenvalue weighted by molar-refractivity contribution is -0.384. The molecule has 2 aromatic rings. The minimum Gasteiger partial charge on any atom is -0.489 e. The van der Waals surface area contributed by atoms with E-state index in [0.29, 0.717) is 21.3 Å². The Morgan fingerprint density at radius 1 is 1.36 bits per heavy atom. The van der Waals surface area contributed by atoms with Crippen molar-refractivity contribution in [3.05, 3.63) is 80.8 Å². The van der Waals surface area contributed by atoms with Crippen LogP contribution in [0.4, 0.5) is 5.69 Å². The van der Waals surface area contributed by atoms with E-state index in [1.807, 2.05) is 0 Å².